The zero-order chi connectivity index (χ0) is 19.2. The van der Waals surface area contributed by atoms with Gasteiger partial charge in [-0.3, -0.25) is 10.00 Å². The van der Waals surface area contributed by atoms with E-state index in [-0.39, 0.29) is 12.1 Å². The van der Waals surface area contributed by atoms with E-state index in [1.165, 1.54) is 19.2 Å². The second-order valence-electron chi connectivity index (χ2n) is 7.11. The second-order valence-corrected chi connectivity index (χ2v) is 7.11. The van der Waals surface area contributed by atoms with Gasteiger partial charge in [0.1, 0.15) is 18.5 Å². The Morgan fingerprint density at radius 2 is 1.96 bits per heavy atom. The Balaban J connectivity index is 1.42. The van der Waals surface area contributed by atoms with Crippen LogP contribution in [-0.4, -0.2) is 30.6 Å². The molecule has 3 aromatic rings. The van der Waals surface area contributed by atoms with Crippen LogP contribution < -0.4 is 10.6 Å². The van der Waals surface area contributed by atoms with Gasteiger partial charge in [0.2, 0.25) is 0 Å². The van der Waals surface area contributed by atoms with E-state index in [0.29, 0.717) is 19.0 Å². The maximum atomic E-state index is 12.7. The first-order valence-corrected chi connectivity index (χ1v) is 9.78. The van der Waals surface area contributed by atoms with Crippen LogP contribution >= 0.6 is 0 Å². The number of hydrogen-bond donors (Lipinski definition) is 2. The lowest BCUT2D eigenvalue weighted by Gasteiger charge is -2.20. The fourth-order valence-electron chi connectivity index (χ4n) is 3.78. The van der Waals surface area contributed by atoms with Crippen molar-refractivity contribution in [2.75, 3.05) is 5.32 Å². The van der Waals surface area contributed by atoms with E-state index in [1.807, 2.05) is 41.1 Å². The standard InChI is InChI=1S/C20H25N7O/c28-20(25-19-10-12-22-27(19)17-8-4-5-9-17)24-18(16-6-2-1-3-7-16)11-13-26-15-21-14-23-26/h1-3,6-7,10,12,14-15,17-18H,4-5,8-9,11,13H2,(H2,24,25,28)/t18-/m0/s1. The summed E-state index contributed by atoms with van der Waals surface area (Å²) in [6.07, 6.45) is 10.3. The predicted molar refractivity (Wildman–Crippen MR) is 106 cm³/mol. The van der Waals surface area contributed by atoms with Crippen molar-refractivity contribution in [2.45, 2.75) is 50.7 Å². The Labute approximate surface area is 164 Å². The third-order valence-electron chi connectivity index (χ3n) is 5.20. The third kappa shape index (κ3) is 4.39. The van der Waals surface area contributed by atoms with Gasteiger partial charge < -0.3 is 5.32 Å². The molecule has 2 heterocycles. The van der Waals surface area contributed by atoms with E-state index in [9.17, 15) is 4.79 Å². The van der Waals surface area contributed by atoms with Crippen LogP contribution in [0.15, 0.2) is 55.2 Å². The molecule has 0 radical (unpaired) electrons. The van der Waals surface area contributed by atoms with Gasteiger partial charge >= 0.3 is 6.03 Å². The summed E-state index contributed by atoms with van der Waals surface area (Å²) < 4.78 is 3.71. The summed E-state index contributed by atoms with van der Waals surface area (Å²) in [5.41, 5.74) is 1.06. The summed E-state index contributed by atoms with van der Waals surface area (Å²) in [5, 5.41) is 14.6. The summed E-state index contributed by atoms with van der Waals surface area (Å²) in [5.74, 6) is 0.743. The Hall–Kier alpha value is -3.16. The van der Waals surface area contributed by atoms with Gasteiger partial charge in [0.15, 0.2) is 0 Å². The van der Waals surface area contributed by atoms with Crippen LogP contribution in [0, 0.1) is 0 Å². The molecular weight excluding hydrogens is 354 g/mol. The van der Waals surface area contributed by atoms with Gasteiger partial charge in [0.25, 0.3) is 0 Å². The number of hydrogen-bond acceptors (Lipinski definition) is 4. The molecule has 1 atom stereocenters. The number of carbonyl (C=O) groups excluding carboxylic acids is 1. The van der Waals surface area contributed by atoms with Crippen LogP contribution in [0.4, 0.5) is 10.6 Å². The Kier molecular flexibility index (Phi) is 5.65. The molecule has 8 nitrogen and oxygen atoms in total. The number of benzene rings is 1. The van der Waals surface area contributed by atoms with Gasteiger partial charge in [-0.25, -0.2) is 14.5 Å². The number of anilines is 1. The molecule has 146 valence electrons. The molecule has 1 fully saturated rings. The summed E-state index contributed by atoms with van der Waals surface area (Å²) in [6, 6.07) is 11.8. The van der Waals surface area contributed by atoms with Crippen molar-refractivity contribution in [3.8, 4) is 0 Å². The van der Waals surface area contributed by atoms with Crippen LogP contribution in [0.25, 0.3) is 0 Å². The zero-order valence-electron chi connectivity index (χ0n) is 15.7. The monoisotopic (exact) mass is 379 g/mol. The van der Waals surface area contributed by atoms with E-state index < -0.39 is 0 Å². The molecule has 2 amide bonds. The first-order chi connectivity index (χ1) is 13.8. The summed E-state index contributed by atoms with van der Waals surface area (Å²) in [4.78, 5) is 16.7. The van der Waals surface area contributed by atoms with Crippen molar-refractivity contribution in [2.24, 2.45) is 0 Å². The van der Waals surface area contributed by atoms with Crippen LogP contribution in [0.2, 0.25) is 0 Å². The normalized spacial score (nSPS) is 15.4. The van der Waals surface area contributed by atoms with Crippen molar-refractivity contribution in [1.82, 2.24) is 29.9 Å². The second kappa shape index (κ2) is 8.69. The minimum Gasteiger partial charge on any atom is -0.331 e. The largest absolute Gasteiger partial charge is 0.331 e. The first kappa shape index (κ1) is 18.2. The fraction of sp³-hybridized carbons (Fsp3) is 0.400. The molecule has 0 spiro atoms. The summed E-state index contributed by atoms with van der Waals surface area (Å²) in [7, 11) is 0. The number of urea groups is 1. The van der Waals surface area contributed by atoms with Crippen molar-refractivity contribution >= 4 is 11.8 Å². The lowest BCUT2D eigenvalue weighted by molar-refractivity contribution is 0.247. The molecular formula is C20H25N7O. The van der Waals surface area contributed by atoms with E-state index in [2.05, 4.69) is 25.8 Å². The fourth-order valence-corrected chi connectivity index (χ4v) is 3.78. The molecule has 8 heteroatoms. The maximum absolute atomic E-state index is 12.7. The number of aromatic nitrogens is 5. The minimum absolute atomic E-state index is 0.131. The predicted octanol–water partition coefficient (Wildman–Crippen LogP) is 3.54. The van der Waals surface area contributed by atoms with Gasteiger partial charge in [0.05, 0.1) is 18.3 Å². The topological polar surface area (TPSA) is 89.7 Å². The minimum atomic E-state index is -0.229. The molecule has 4 rings (SSSR count). The highest BCUT2D eigenvalue weighted by molar-refractivity contribution is 5.88. The molecule has 1 aliphatic carbocycles. The third-order valence-corrected chi connectivity index (χ3v) is 5.20. The van der Waals surface area contributed by atoms with Crippen LogP contribution in [0.1, 0.15) is 49.8 Å². The van der Waals surface area contributed by atoms with Crippen LogP contribution in [-0.2, 0) is 6.54 Å². The van der Waals surface area contributed by atoms with Gasteiger partial charge in [0, 0.05) is 12.6 Å². The average molecular weight is 379 g/mol. The van der Waals surface area contributed by atoms with Gasteiger partial charge in [-0.15, -0.1) is 0 Å². The molecule has 1 aliphatic rings. The molecule has 0 saturated heterocycles. The molecule has 28 heavy (non-hydrogen) atoms. The van der Waals surface area contributed by atoms with Crippen molar-refractivity contribution in [3.05, 3.63) is 60.8 Å². The van der Waals surface area contributed by atoms with Crippen LogP contribution in [0.3, 0.4) is 0 Å². The molecule has 0 unspecified atom stereocenters. The lowest BCUT2D eigenvalue weighted by Crippen LogP contribution is -2.34. The SMILES string of the molecule is O=C(Nc1ccnn1C1CCCC1)N[C@@H](CCn1cncn1)c1ccccc1. The summed E-state index contributed by atoms with van der Waals surface area (Å²) >= 11 is 0. The zero-order valence-corrected chi connectivity index (χ0v) is 15.7. The van der Waals surface area contributed by atoms with Crippen molar-refractivity contribution < 1.29 is 4.79 Å². The summed E-state index contributed by atoms with van der Waals surface area (Å²) in [6.45, 7) is 0.667. The van der Waals surface area contributed by atoms with Gasteiger partial charge in [-0.05, 0) is 24.8 Å². The van der Waals surface area contributed by atoms with E-state index in [1.54, 1.807) is 17.2 Å². The van der Waals surface area contributed by atoms with E-state index >= 15 is 0 Å². The van der Waals surface area contributed by atoms with Crippen LogP contribution in [0.5, 0.6) is 0 Å². The molecule has 2 aromatic heterocycles. The highest BCUT2D eigenvalue weighted by atomic mass is 16.2. The van der Waals surface area contributed by atoms with Gasteiger partial charge in [-0.1, -0.05) is 43.2 Å². The maximum Gasteiger partial charge on any atom is 0.320 e. The molecule has 1 saturated carbocycles. The van der Waals surface area contributed by atoms with E-state index in [4.69, 9.17) is 0 Å². The number of nitrogens with one attached hydrogen (secondary N) is 2. The first-order valence-electron chi connectivity index (χ1n) is 9.78. The van der Waals surface area contributed by atoms with Gasteiger partial charge in [-0.2, -0.15) is 10.2 Å². The van der Waals surface area contributed by atoms with Crippen molar-refractivity contribution in [3.63, 3.8) is 0 Å². The molecule has 1 aromatic carbocycles. The quantitative estimate of drug-likeness (QED) is 0.657. The number of carbonyl (C=O) groups is 1. The Morgan fingerprint density at radius 3 is 2.71 bits per heavy atom. The number of rotatable bonds is 7. The smallest absolute Gasteiger partial charge is 0.320 e. The van der Waals surface area contributed by atoms with E-state index in [0.717, 1.165) is 24.2 Å². The number of nitrogens with zero attached hydrogens (tertiary/aromatic N) is 5. The molecule has 2 N–H and O–H groups in total. The highest BCUT2D eigenvalue weighted by Gasteiger charge is 2.21. The Morgan fingerprint density at radius 1 is 1.14 bits per heavy atom. The molecule has 0 aliphatic heterocycles. The number of amides is 2. The highest BCUT2D eigenvalue weighted by Crippen LogP contribution is 2.31. The lowest BCUT2D eigenvalue weighted by atomic mass is 10.0. The Bertz CT molecular complexity index is 869. The average Bonchev–Trinajstić information content (AvgIpc) is 3.48. The van der Waals surface area contributed by atoms with Crippen molar-refractivity contribution in [1.29, 1.82) is 0 Å². The number of aryl methyl sites for hydroxylation is 1. The molecule has 0 bridgehead atoms.